The van der Waals surface area contributed by atoms with Crippen LogP contribution >= 0.6 is 35.7 Å². The van der Waals surface area contributed by atoms with Crippen molar-refractivity contribution in [3.05, 3.63) is 22.8 Å². The molecule has 2 N–H and O–H groups in total. The van der Waals surface area contributed by atoms with Gasteiger partial charge in [-0.3, -0.25) is 9.67 Å². The monoisotopic (exact) mass is 576 g/mol. The second-order valence-electron chi connectivity index (χ2n) is 8.49. The third kappa shape index (κ3) is 8.24. The van der Waals surface area contributed by atoms with Crippen LogP contribution in [0.1, 0.15) is 56.9 Å². The molecule has 0 aliphatic heterocycles. The van der Waals surface area contributed by atoms with E-state index in [-0.39, 0.29) is 30.0 Å². The third-order valence-corrected chi connectivity index (χ3v) is 5.92. The van der Waals surface area contributed by atoms with Crippen LogP contribution in [0.3, 0.4) is 0 Å². The van der Waals surface area contributed by atoms with Gasteiger partial charge in [0.1, 0.15) is 5.82 Å². The summed E-state index contributed by atoms with van der Waals surface area (Å²) < 4.78 is 4.21. The van der Waals surface area contributed by atoms with E-state index in [2.05, 4.69) is 78.3 Å². The molecule has 0 aliphatic carbocycles. The summed E-state index contributed by atoms with van der Waals surface area (Å²) in [5, 5.41) is 21.2. The Balaban J connectivity index is 0.00000512. The van der Waals surface area contributed by atoms with Crippen molar-refractivity contribution in [2.75, 3.05) is 19.3 Å². The first-order chi connectivity index (χ1) is 14.8. The zero-order valence-electron chi connectivity index (χ0n) is 20.9. The van der Waals surface area contributed by atoms with Crippen LogP contribution in [0.2, 0.25) is 0 Å². The topological polar surface area (TPSA) is 84.9 Å². The highest BCUT2D eigenvalue weighted by molar-refractivity contribution is 14.0. The average Bonchev–Trinajstić information content (AvgIpc) is 3.19. The van der Waals surface area contributed by atoms with Crippen molar-refractivity contribution in [2.24, 2.45) is 18.0 Å². The number of rotatable bonds is 11. The Kier molecular flexibility index (Phi) is 12.6. The minimum atomic E-state index is 0. The molecule has 8 nitrogen and oxygen atoms in total. The number of aliphatic imine (C=N–C) groups is 1. The molecule has 0 bridgehead atoms. The molecule has 0 saturated heterocycles. The van der Waals surface area contributed by atoms with Crippen molar-refractivity contribution >= 4 is 41.7 Å². The van der Waals surface area contributed by atoms with Crippen LogP contribution < -0.4 is 10.6 Å². The number of guanidine groups is 1. The Morgan fingerprint density at radius 1 is 1.19 bits per heavy atom. The van der Waals surface area contributed by atoms with Gasteiger partial charge in [0.05, 0.1) is 5.69 Å². The number of halogens is 1. The molecule has 0 amide bonds. The van der Waals surface area contributed by atoms with E-state index in [1.807, 2.05) is 11.7 Å². The van der Waals surface area contributed by atoms with Crippen LogP contribution in [-0.4, -0.2) is 55.9 Å². The van der Waals surface area contributed by atoms with Crippen molar-refractivity contribution in [3.8, 4) is 0 Å². The maximum atomic E-state index is 4.79. The molecule has 1 unspecified atom stereocenters. The Bertz CT molecular complexity index is 858. The second kappa shape index (κ2) is 14.1. The molecular formula is C22H41IN8S. The molecule has 0 fully saturated rings. The number of nitrogens with one attached hydrogen (secondary N) is 2. The van der Waals surface area contributed by atoms with E-state index in [0.717, 1.165) is 61.5 Å². The zero-order chi connectivity index (χ0) is 23.0. The predicted molar refractivity (Wildman–Crippen MR) is 145 cm³/mol. The lowest BCUT2D eigenvalue weighted by Crippen LogP contribution is -2.43. The van der Waals surface area contributed by atoms with E-state index in [1.165, 1.54) is 11.3 Å². The van der Waals surface area contributed by atoms with Crippen molar-refractivity contribution in [1.29, 1.82) is 0 Å². The Hall–Kier alpha value is -1.30. The van der Waals surface area contributed by atoms with Gasteiger partial charge in [0, 0.05) is 44.8 Å². The molecule has 2 aromatic rings. The maximum absolute atomic E-state index is 4.79. The SMILES string of the molecule is CCNC(=NCCCc1nnc(SC)n1CC(C)C)NC(C)Cc1c(C)nn(C)c1C.I. The summed E-state index contributed by atoms with van der Waals surface area (Å²) in [7, 11) is 2.00. The molecule has 2 aromatic heterocycles. The Morgan fingerprint density at radius 3 is 2.47 bits per heavy atom. The summed E-state index contributed by atoms with van der Waals surface area (Å²) in [5.74, 6) is 2.49. The number of nitrogens with zero attached hydrogens (tertiary/aromatic N) is 6. The fraction of sp³-hybridized carbons (Fsp3) is 0.727. The highest BCUT2D eigenvalue weighted by atomic mass is 127. The fourth-order valence-electron chi connectivity index (χ4n) is 3.65. The standard InChI is InChI=1S/C22H40N8S.HI/c1-9-23-21(25-16(4)13-19-17(5)28-29(7)18(19)6)24-12-10-11-20-26-27-22(31-8)30(20)14-15(2)3;/h15-16H,9-14H2,1-8H3,(H2,23,24,25);1H. The first kappa shape index (κ1) is 28.7. The van der Waals surface area contributed by atoms with Crippen LogP contribution in [0.4, 0.5) is 0 Å². The maximum Gasteiger partial charge on any atom is 0.191 e. The summed E-state index contributed by atoms with van der Waals surface area (Å²) in [6.07, 6.45) is 4.80. The van der Waals surface area contributed by atoms with Crippen LogP contribution in [-0.2, 0) is 26.4 Å². The molecular weight excluding hydrogens is 535 g/mol. The van der Waals surface area contributed by atoms with Crippen molar-refractivity contribution in [3.63, 3.8) is 0 Å². The van der Waals surface area contributed by atoms with E-state index < -0.39 is 0 Å². The van der Waals surface area contributed by atoms with Gasteiger partial charge in [0.2, 0.25) is 0 Å². The number of hydrogen-bond acceptors (Lipinski definition) is 5. The number of thioether (sulfide) groups is 1. The fourth-order valence-corrected chi connectivity index (χ4v) is 4.18. The van der Waals surface area contributed by atoms with Crippen LogP contribution in [0.25, 0.3) is 0 Å². The second-order valence-corrected chi connectivity index (χ2v) is 9.27. The van der Waals surface area contributed by atoms with Gasteiger partial charge < -0.3 is 15.2 Å². The minimum absolute atomic E-state index is 0. The lowest BCUT2D eigenvalue weighted by atomic mass is 10.1. The first-order valence-electron chi connectivity index (χ1n) is 11.3. The molecule has 0 radical (unpaired) electrons. The highest BCUT2D eigenvalue weighted by Gasteiger charge is 2.15. The van der Waals surface area contributed by atoms with E-state index in [1.54, 1.807) is 11.8 Å². The van der Waals surface area contributed by atoms with Gasteiger partial charge in [0.25, 0.3) is 0 Å². The van der Waals surface area contributed by atoms with Gasteiger partial charge in [-0.05, 0) is 58.3 Å². The third-order valence-electron chi connectivity index (χ3n) is 5.25. The van der Waals surface area contributed by atoms with Crippen molar-refractivity contribution in [2.45, 2.75) is 78.5 Å². The zero-order valence-corrected chi connectivity index (χ0v) is 24.0. The van der Waals surface area contributed by atoms with E-state index in [0.29, 0.717) is 5.92 Å². The Morgan fingerprint density at radius 2 is 1.91 bits per heavy atom. The van der Waals surface area contributed by atoms with Gasteiger partial charge >= 0.3 is 0 Å². The molecule has 1 atom stereocenters. The quantitative estimate of drug-likeness (QED) is 0.139. The molecule has 0 aromatic carbocycles. The number of hydrogen-bond donors (Lipinski definition) is 2. The number of aromatic nitrogens is 5. The molecule has 0 spiro atoms. The molecule has 0 aliphatic rings. The van der Waals surface area contributed by atoms with Crippen LogP contribution in [0.5, 0.6) is 0 Å². The molecule has 2 rings (SSSR count). The van der Waals surface area contributed by atoms with Crippen LogP contribution in [0.15, 0.2) is 10.1 Å². The highest BCUT2D eigenvalue weighted by Crippen LogP contribution is 2.17. The first-order valence-corrected chi connectivity index (χ1v) is 12.5. The summed E-state index contributed by atoms with van der Waals surface area (Å²) in [4.78, 5) is 4.79. The van der Waals surface area contributed by atoms with E-state index in [4.69, 9.17) is 4.99 Å². The molecule has 2 heterocycles. The van der Waals surface area contributed by atoms with E-state index >= 15 is 0 Å². The van der Waals surface area contributed by atoms with Crippen molar-refractivity contribution in [1.82, 2.24) is 35.2 Å². The molecule has 10 heteroatoms. The summed E-state index contributed by atoms with van der Waals surface area (Å²) in [5.41, 5.74) is 3.64. The summed E-state index contributed by atoms with van der Waals surface area (Å²) in [6.45, 7) is 15.5. The lowest BCUT2D eigenvalue weighted by molar-refractivity contribution is 0.477. The molecule has 32 heavy (non-hydrogen) atoms. The minimum Gasteiger partial charge on any atom is -0.357 e. The van der Waals surface area contributed by atoms with Gasteiger partial charge in [-0.15, -0.1) is 34.2 Å². The lowest BCUT2D eigenvalue weighted by Gasteiger charge is -2.18. The predicted octanol–water partition coefficient (Wildman–Crippen LogP) is 3.74. The van der Waals surface area contributed by atoms with Gasteiger partial charge in [-0.2, -0.15) is 5.10 Å². The molecule has 0 saturated carbocycles. The van der Waals surface area contributed by atoms with Gasteiger partial charge in [-0.1, -0.05) is 25.6 Å². The smallest absolute Gasteiger partial charge is 0.191 e. The van der Waals surface area contributed by atoms with Gasteiger partial charge in [-0.25, -0.2) is 0 Å². The largest absolute Gasteiger partial charge is 0.357 e. The van der Waals surface area contributed by atoms with Crippen molar-refractivity contribution < 1.29 is 0 Å². The molecule has 182 valence electrons. The van der Waals surface area contributed by atoms with E-state index in [9.17, 15) is 0 Å². The average molecular weight is 577 g/mol. The summed E-state index contributed by atoms with van der Waals surface area (Å²) >= 11 is 1.66. The van der Waals surface area contributed by atoms with Gasteiger partial charge in [0.15, 0.2) is 11.1 Å². The number of aryl methyl sites for hydroxylation is 3. The Labute approximate surface area is 214 Å². The normalized spacial score (nSPS) is 12.7. The van der Waals surface area contributed by atoms with Crippen LogP contribution in [0, 0.1) is 19.8 Å². The summed E-state index contributed by atoms with van der Waals surface area (Å²) in [6, 6.07) is 0.262.